The van der Waals surface area contributed by atoms with E-state index in [9.17, 15) is 0 Å². The van der Waals surface area contributed by atoms with Crippen LogP contribution in [0.4, 0.5) is 0 Å². The minimum atomic E-state index is 0.478. The van der Waals surface area contributed by atoms with Crippen LogP contribution in [0, 0.1) is 5.92 Å². The Bertz CT molecular complexity index is 228. The molecule has 0 spiro atoms. The summed E-state index contributed by atoms with van der Waals surface area (Å²) in [6.07, 6.45) is 4.57. The molecule has 0 atom stereocenters. The van der Waals surface area contributed by atoms with Crippen LogP contribution in [0.2, 0.25) is 0 Å². The predicted octanol–water partition coefficient (Wildman–Crippen LogP) is 0.785. The second-order valence-electron chi connectivity index (χ2n) is 2.95. The first-order chi connectivity index (χ1) is 5.24. The van der Waals surface area contributed by atoms with Crippen LogP contribution in [0.25, 0.3) is 0 Å². The molecular weight excluding hydrogens is 137 g/mol. The van der Waals surface area contributed by atoms with Crippen LogP contribution >= 0.6 is 0 Å². The molecule has 0 amide bonds. The van der Waals surface area contributed by atoms with Gasteiger partial charge >= 0.3 is 66.8 Å². The summed E-state index contributed by atoms with van der Waals surface area (Å²) >= 11 is 0. The second kappa shape index (κ2) is 3.51. The summed E-state index contributed by atoms with van der Waals surface area (Å²) in [6.45, 7) is 4.22. The van der Waals surface area contributed by atoms with Gasteiger partial charge in [0.25, 0.3) is 0 Å². The summed E-state index contributed by atoms with van der Waals surface area (Å²) in [5.74, 6) is 0.478. The zero-order valence-corrected chi connectivity index (χ0v) is 6.91. The Hall–Kier alpha value is -0.855. The van der Waals surface area contributed by atoms with Crippen molar-refractivity contribution in [2.45, 2.75) is 20.3 Å². The number of nitrogens with zero attached hydrogens (tertiary/aromatic N) is 1. The van der Waals surface area contributed by atoms with E-state index in [0.717, 1.165) is 24.7 Å². The summed E-state index contributed by atoms with van der Waals surface area (Å²) < 4.78 is 0. The van der Waals surface area contributed by atoms with E-state index < -0.39 is 0 Å². The normalized spacial score (nSPS) is 20.3. The molecule has 0 bridgehead atoms. The van der Waals surface area contributed by atoms with Gasteiger partial charge in [-0.2, -0.15) is 0 Å². The van der Waals surface area contributed by atoms with Crippen LogP contribution in [0.1, 0.15) is 20.3 Å². The van der Waals surface area contributed by atoms with Crippen LogP contribution in [-0.4, -0.2) is 23.8 Å². The van der Waals surface area contributed by atoms with Gasteiger partial charge in [0, 0.05) is 0 Å². The van der Waals surface area contributed by atoms with Crippen molar-refractivity contribution in [1.82, 2.24) is 0 Å². The first kappa shape index (κ1) is 8.24. The van der Waals surface area contributed by atoms with Gasteiger partial charge in [-0.05, 0) is 0 Å². The summed E-state index contributed by atoms with van der Waals surface area (Å²) in [4.78, 5) is 4.19. The van der Waals surface area contributed by atoms with Crippen molar-refractivity contribution < 1.29 is 5.02 Å². The maximum atomic E-state index is 8.63. The molecule has 1 aliphatic heterocycles. The van der Waals surface area contributed by atoms with Crippen molar-refractivity contribution >= 4 is 18.8 Å². The molecule has 58 valence electrons. The average Bonchev–Trinajstić information content (AvgIpc) is 2.05. The third-order valence-electron chi connectivity index (χ3n) is 1.68. The third kappa shape index (κ3) is 2.04. The number of allylic oxidation sites excluding steroid dienone is 2. The van der Waals surface area contributed by atoms with Gasteiger partial charge in [-0.3, -0.25) is 0 Å². The molecule has 3 heteroatoms. The van der Waals surface area contributed by atoms with E-state index in [4.69, 9.17) is 5.02 Å². The molecule has 0 aromatic carbocycles. The molecule has 0 aromatic heterocycles. The van der Waals surface area contributed by atoms with E-state index in [1.165, 1.54) is 0 Å². The Morgan fingerprint density at radius 3 is 2.73 bits per heavy atom. The number of rotatable bonds is 1. The summed E-state index contributed by atoms with van der Waals surface area (Å²) in [7, 11) is 1.11. The van der Waals surface area contributed by atoms with Crippen LogP contribution in [0.5, 0.6) is 0 Å². The van der Waals surface area contributed by atoms with E-state index in [-0.39, 0.29) is 0 Å². The van der Waals surface area contributed by atoms with E-state index in [1.807, 2.05) is 6.08 Å². The third-order valence-corrected chi connectivity index (χ3v) is 1.68. The van der Waals surface area contributed by atoms with E-state index >= 15 is 0 Å². The Morgan fingerprint density at radius 1 is 1.64 bits per heavy atom. The van der Waals surface area contributed by atoms with Crippen LogP contribution in [0.3, 0.4) is 0 Å². The zero-order valence-electron chi connectivity index (χ0n) is 6.91. The van der Waals surface area contributed by atoms with Gasteiger partial charge in [-0.15, -0.1) is 0 Å². The second-order valence-corrected chi connectivity index (χ2v) is 2.95. The van der Waals surface area contributed by atoms with Crippen molar-refractivity contribution in [2.24, 2.45) is 10.9 Å². The SMILES string of the molecule is CC(C)C1=CCC(=BO)C=N1. The molecule has 1 aliphatic rings. The molecule has 1 heterocycles. The Labute approximate surface area is 67.6 Å². The molecule has 0 radical (unpaired) electrons. The van der Waals surface area contributed by atoms with Crippen molar-refractivity contribution in [3.05, 3.63) is 11.8 Å². The van der Waals surface area contributed by atoms with Gasteiger partial charge in [0.2, 0.25) is 0 Å². The summed E-state index contributed by atoms with van der Waals surface area (Å²) in [5.41, 5.74) is 1.98. The monoisotopic (exact) mass is 149 g/mol. The number of aliphatic imine (C=N–C) groups is 1. The van der Waals surface area contributed by atoms with E-state index in [2.05, 4.69) is 18.8 Å². The molecule has 2 nitrogen and oxygen atoms in total. The van der Waals surface area contributed by atoms with Gasteiger partial charge in [-0.1, -0.05) is 0 Å². The van der Waals surface area contributed by atoms with Crippen LogP contribution in [-0.2, 0) is 0 Å². The van der Waals surface area contributed by atoms with Gasteiger partial charge in [0.15, 0.2) is 0 Å². The molecule has 0 fully saturated rings. The van der Waals surface area contributed by atoms with Gasteiger partial charge in [0.05, 0.1) is 0 Å². The first-order valence-corrected chi connectivity index (χ1v) is 3.81. The van der Waals surface area contributed by atoms with E-state index in [0.29, 0.717) is 5.92 Å². The predicted molar refractivity (Wildman–Crippen MR) is 49.0 cm³/mol. The average molecular weight is 149 g/mol. The van der Waals surface area contributed by atoms with Crippen molar-refractivity contribution in [2.75, 3.05) is 0 Å². The van der Waals surface area contributed by atoms with Gasteiger partial charge in [-0.25, -0.2) is 0 Å². The fraction of sp³-hybridized carbons (Fsp3) is 0.500. The van der Waals surface area contributed by atoms with Crippen LogP contribution in [0.15, 0.2) is 16.8 Å². The van der Waals surface area contributed by atoms with Gasteiger partial charge in [0.1, 0.15) is 0 Å². The summed E-state index contributed by atoms with van der Waals surface area (Å²) in [5, 5.41) is 8.63. The van der Waals surface area contributed by atoms with Crippen molar-refractivity contribution in [3.63, 3.8) is 0 Å². The fourth-order valence-electron chi connectivity index (χ4n) is 0.956. The fourth-order valence-corrected chi connectivity index (χ4v) is 0.956. The minimum absolute atomic E-state index is 0.478. The quantitative estimate of drug-likeness (QED) is 0.549. The molecular formula is C8H12BNO. The zero-order chi connectivity index (χ0) is 8.27. The summed E-state index contributed by atoms with van der Waals surface area (Å²) in [6, 6.07) is 0. The van der Waals surface area contributed by atoms with Gasteiger partial charge < -0.3 is 0 Å². The molecule has 0 saturated heterocycles. The molecule has 0 unspecified atom stereocenters. The Morgan fingerprint density at radius 2 is 2.36 bits per heavy atom. The molecule has 11 heavy (non-hydrogen) atoms. The topological polar surface area (TPSA) is 32.6 Å². The standard InChI is InChI=1S/C8H12BNO/c1-6(2)8-4-3-7(9-11)5-10-8/h4-6,11H,3H2,1-2H3. The molecule has 1 rings (SSSR count). The molecule has 0 saturated carbocycles. The van der Waals surface area contributed by atoms with Crippen LogP contribution < -0.4 is 0 Å². The maximum absolute atomic E-state index is 8.63. The number of hydrogen-bond acceptors (Lipinski definition) is 2. The van der Waals surface area contributed by atoms with E-state index in [1.54, 1.807) is 6.21 Å². The Balaban J connectivity index is 2.67. The molecule has 0 aromatic rings. The van der Waals surface area contributed by atoms with Crippen molar-refractivity contribution in [3.8, 4) is 0 Å². The molecule has 0 aliphatic carbocycles. The first-order valence-electron chi connectivity index (χ1n) is 3.81. The van der Waals surface area contributed by atoms with Crippen molar-refractivity contribution in [1.29, 1.82) is 0 Å². The Kier molecular flexibility index (Phi) is 2.63. The number of hydrogen-bond donors (Lipinski definition) is 1. The molecule has 1 N–H and O–H groups in total.